The molecule has 0 saturated heterocycles. The zero-order valence-electron chi connectivity index (χ0n) is 12.3. The van der Waals surface area contributed by atoms with Crippen LogP contribution in [0.4, 0.5) is 0 Å². The van der Waals surface area contributed by atoms with Crippen molar-refractivity contribution in [2.45, 2.75) is 30.7 Å². The molecule has 0 spiro atoms. The number of aliphatic hydroxyl groups excluding tert-OH is 2. The third-order valence-electron chi connectivity index (χ3n) is 3.86. The van der Waals surface area contributed by atoms with Crippen molar-refractivity contribution in [2.75, 3.05) is 5.88 Å². The van der Waals surface area contributed by atoms with Gasteiger partial charge in [0.25, 0.3) is 0 Å². The Kier molecular flexibility index (Phi) is 5.98. The Morgan fingerprint density at radius 1 is 0.818 bits per heavy atom. The van der Waals surface area contributed by atoms with E-state index in [1.165, 1.54) is 0 Å². The number of aliphatic hydroxyl groups is 3. The van der Waals surface area contributed by atoms with E-state index in [0.717, 1.165) is 0 Å². The first-order chi connectivity index (χ1) is 10.6. The van der Waals surface area contributed by atoms with Gasteiger partial charge in [0.1, 0.15) is 5.60 Å². The molecule has 0 bridgehead atoms. The van der Waals surface area contributed by atoms with Gasteiger partial charge < -0.3 is 15.3 Å². The summed E-state index contributed by atoms with van der Waals surface area (Å²) in [5, 5.41) is 31.4. The minimum Gasteiger partial charge on any atom is -0.392 e. The molecule has 0 aliphatic rings. The van der Waals surface area contributed by atoms with Gasteiger partial charge in [-0.1, -0.05) is 60.7 Å². The summed E-state index contributed by atoms with van der Waals surface area (Å²) in [7, 11) is 0. The lowest BCUT2D eigenvalue weighted by molar-refractivity contribution is -0.0575. The Bertz CT molecular complexity index is 520. The van der Waals surface area contributed by atoms with E-state index >= 15 is 0 Å². The molecule has 0 saturated carbocycles. The second-order valence-electron chi connectivity index (χ2n) is 5.40. The number of rotatable bonds is 7. The first-order valence-electron chi connectivity index (χ1n) is 7.34. The number of benzene rings is 2. The molecule has 2 aromatic carbocycles. The minimum atomic E-state index is -1.52. The van der Waals surface area contributed by atoms with E-state index in [2.05, 4.69) is 0 Å². The average Bonchev–Trinajstić information content (AvgIpc) is 2.60. The van der Waals surface area contributed by atoms with Crippen molar-refractivity contribution in [1.29, 1.82) is 0 Å². The Labute approximate surface area is 135 Å². The molecule has 0 heterocycles. The predicted octanol–water partition coefficient (Wildman–Crippen LogP) is 2.66. The van der Waals surface area contributed by atoms with Gasteiger partial charge in [0.2, 0.25) is 0 Å². The zero-order chi connectivity index (χ0) is 16.0. The summed E-state index contributed by atoms with van der Waals surface area (Å²) >= 11 is 5.59. The molecule has 22 heavy (non-hydrogen) atoms. The van der Waals surface area contributed by atoms with Crippen LogP contribution in [0.3, 0.4) is 0 Å². The summed E-state index contributed by atoms with van der Waals surface area (Å²) in [5.41, 5.74) is -0.280. The predicted molar refractivity (Wildman–Crippen MR) is 87.9 cm³/mol. The molecular formula is C18H21ClO3. The normalized spacial score (nSPS) is 14.5. The van der Waals surface area contributed by atoms with E-state index in [1.54, 1.807) is 24.3 Å². The highest BCUT2D eigenvalue weighted by Gasteiger charge is 2.39. The molecule has 0 radical (unpaired) electrons. The van der Waals surface area contributed by atoms with E-state index in [-0.39, 0.29) is 12.3 Å². The monoisotopic (exact) mass is 320 g/mol. The van der Waals surface area contributed by atoms with Crippen LogP contribution in [-0.4, -0.2) is 33.4 Å². The SMILES string of the molecule is OC(CCl)CCC(O)C(O)(c1ccccc1)c1ccccc1. The molecule has 0 aromatic heterocycles. The summed E-state index contributed by atoms with van der Waals surface area (Å²) in [6.45, 7) is 0. The lowest BCUT2D eigenvalue weighted by Crippen LogP contribution is -2.41. The Morgan fingerprint density at radius 3 is 1.68 bits per heavy atom. The zero-order valence-corrected chi connectivity index (χ0v) is 13.0. The summed E-state index contributed by atoms with van der Waals surface area (Å²) in [4.78, 5) is 0. The van der Waals surface area contributed by atoms with Crippen LogP contribution in [0.2, 0.25) is 0 Å². The van der Waals surface area contributed by atoms with Crippen molar-refractivity contribution in [1.82, 2.24) is 0 Å². The molecule has 0 aliphatic carbocycles. The summed E-state index contributed by atoms with van der Waals surface area (Å²) in [5.74, 6) is 0.113. The standard InChI is InChI=1S/C18H21ClO3/c19-13-16(20)11-12-17(21)18(22,14-7-3-1-4-8-14)15-9-5-2-6-10-15/h1-10,16-17,20-22H,11-13H2. The molecule has 3 N–H and O–H groups in total. The van der Waals surface area contributed by atoms with Gasteiger partial charge in [-0.05, 0) is 24.0 Å². The van der Waals surface area contributed by atoms with Crippen molar-refractivity contribution in [3.8, 4) is 0 Å². The van der Waals surface area contributed by atoms with Gasteiger partial charge in [-0.15, -0.1) is 11.6 Å². The molecule has 2 atom stereocenters. The third kappa shape index (κ3) is 3.68. The molecule has 4 heteroatoms. The molecule has 0 aliphatic heterocycles. The summed E-state index contributed by atoms with van der Waals surface area (Å²) in [6, 6.07) is 18.2. The largest absolute Gasteiger partial charge is 0.392 e. The van der Waals surface area contributed by atoms with E-state index in [4.69, 9.17) is 11.6 Å². The number of alkyl halides is 1. The fourth-order valence-corrected chi connectivity index (χ4v) is 2.73. The molecule has 118 valence electrons. The molecule has 2 unspecified atom stereocenters. The van der Waals surface area contributed by atoms with Crippen LogP contribution in [0, 0.1) is 0 Å². The van der Waals surface area contributed by atoms with Gasteiger partial charge in [-0.3, -0.25) is 0 Å². The van der Waals surface area contributed by atoms with Crippen LogP contribution in [0.5, 0.6) is 0 Å². The highest BCUT2D eigenvalue weighted by Crippen LogP contribution is 2.35. The molecule has 2 aromatic rings. The van der Waals surface area contributed by atoms with Crippen molar-refractivity contribution >= 4 is 11.6 Å². The third-order valence-corrected chi connectivity index (χ3v) is 4.22. The number of hydrogen-bond acceptors (Lipinski definition) is 3. The smallest absolute Gasteiger partial charge is 0.140 e. The topological polar surface area (TPSA) is 60.7 Å². The van der Waals surface area contributed by atoms with Gasteiger partial charge >= 0.3 is 0 Å². The Hall–Kier alpha value is -1.39. The minimum absolute atomic E-state index is 0.113. The van der Waals surface area contributed by atoms with Crippen LogP contribution in [0.1, 0.15) is 24.0 Å². The summed E-state index contributed by atoms with van der Waals surface area (Å²) < 4.78 is 0. The second-order valence-corrected chi connectivity index (χ2v) is 5.71. The van der Waals surface area contributed by atoms with Gasteiger partial charge in [0, 0.05) is 5.88 Å². The van der Waals surface area contributed by atoms with E-state index in [1.807, 2.05) is 36.4 Å². The van der Waals surface area contributed by atoms with E-state index in [9.17, 15) is 15.3 Å². The first kappa shape index (κ1) is 17.0. The lowest BCUT2D eigenvalue weighted by atomic mass is 9.80. The molecule has 0 fully saturated rings. The van der Waals surface area contributed by atoms with Crippen molar-refractivity contribution in [3.63, 3.8) is 0 Å². The van der Waals surface area contributed by atoms with E-state index in [0.29, 0.717) is 17.5 Å². The quantitative estimate of drug-likeness (QED) is 0.687. The Balaban J connectivity index is 2.34. The van der Waals surface area contributed by atoms with Crippen molar-refractivity contribution < 1.29 is 15.3 Å². The van der Waals surface area contributed by atoms with Gasteiger partial charge in [0.05, 0.1) is 12.2 Å². The van der Waals surface area contributed by atoms with Crippen molar-refractivity contribution in [2.24, 2.45) is 0 Å². The maximum atomic E-state index is 11.2. The fraction of sp³-hybridized carbons (Fsp3) is 0.333. The van der Waals surface area contributed by atoms with Crippen LogP contribution in [-0.2, 0) is 5.60 Å². The maximum absolute atomic E-state index is 11.2. The first-order valence-corrected chi connectivity index (χ1v) is 7.88. The second kappa shape index (κ2) is 7.75. The van der Waals surface area contributed by atoms with Crippen LogP contribution in [0.25, 0.3) is 0 Å². The van der Waals surface area contributed by atoms with Gasteiger partial charge in [-0.25, -0.2) is 0 Å². The highest BCUT2D eigenvalue weighted by atomic mass is 35.5. The van der Waals surface area contributed by atoms with E-state index < -0.39 is 17.8 Å². The van der Waals surface area contributed by atoms with Gasteiger partial charge in [0.15, 0.2) is 0 Å². The highest BCUT2D eigenvalue weighted by molar-refractivity contribution is 6.18. The van der Waals surface area contributed by atoms with Gasteiger partial charge in [-0.2, -0.15) is 0 Å². The Morgan fingerprint density at radius 2 is 1.27 bits per heavy atom. The summed E-state index contributed by atoms with van der Waals surface area (Å²) in [6.07, 6.45) is -1.16. The van der Waals surface area contributed by atoms with Crippen LogP contribution in [0.15, 0.2) is 60.7 Å². The average molecular weight is 321 g/mol. The van der Waals surface area contributed by atoms with Crippen molar-refractivity contribution in [3.05, 3.63) is 71.8 Å². The maximum Gasteiger partial charge on any atom is 0.140 e. The fourth-order valence-electron chi connectivity index (χ4n) is 2.57. The number of halogens is 1. The lowest BCUT2D eigenvalue weighted by Gasteiger charge is -2.34. The molecule has 0 amide bonds. The van der Waals surface area contributed by atoms with Crippen LogP contribution >= 0.6 is 11.6 Å². The molecular weight excluding hydrogens is 300 g/mol. The molecule has 3 nitrogen and oxygen atoms in total. The van der Waals surface area contributed by atoms with Crippen LogP contribution < -0.4 is 0 Å². The number of hydrogen-bond donors (Lipinski definition) is 3. The molecule has 2 rings (SSSR count).